The van der Waals surface area contributed by atoms with Crippen molar-refractivity contribution >= 4 is 70.5 Å². The molecule has 0 fully saturated rings. The second-order valence-corrected chi connectivity index (χ2v) is 19.4. The highest BCUT2D eigenvalue weighted by molar-refractivity contribution is 7.26. The number of nitrogens with zero attached hydrogens (tertiary/aromatic N) is 1. The van der Waals surface area contributed by atoms with Gasteiger partial charge >= 0.3 is 0 Å². The Morgan fingerprint density at radius 1 is 0.329 bits per heavy atom. The summed E-state index contributed by atoms with van der Waals surface area (Å²) in [5.41, 5.74) is 19.2. The first-order valence-electron chi connectivity index (χ1n) is 24.0. The molecular formula is C67H43NOS. The molecule has 70 heavy (non-hydrogen) atoms. The van der Waals surface area contributed by atoms with Gasteiger partial charge in [0, 0.05) is 53.6 Å². The summed E-state index contributed by atoms with van der Waals surface area (Å²) in [5.74, 6) is 0. The van der Waals surface area contributed by atoms with Crippen LogP contribution in [0.5, 0.6) is 0 Å². The average molecular weight is 910 g/mol. The lowest BCUT2D eigenvalue weighted by molar-refractivity contribution is 0.670. The molecule has 2 nitrogen and oxygen atoms in total. The fourth-order valence-corrected chi connectivity index (χ4v) is 12.7. The summed E-state index contributed by atoms with van der Waals surface area (Å²) in [5, 5.41) is 4.89. The Morgan fingerprint density at radius 2 is 0.886 bits per heavy atom. The minimum atomic E-state index is -0.473. The highest BCUT2D eigenvalue weighted by Gasteiger charge is 2.46. The zero-order valence-electron chi connectivity index (χ0n) is 38.1. The van der Waals surface area contributed by atoms with Gasteiger partial charge in [-0.3, -0.25) is 0 Å². The van der Waals surface area contributed by atoms with Gasteiger partial charge in [0.15, 0.2) is 0 Å². The van der Waals surface area contributed by atoms with Crippen molar-refractivity contribution in [2.75, 3.05) is 4.90 Å². The van der Waals surface area contributed by atoms with Crippen molar-refractivity contribution in [3.63, 3.8) is 0 Å². The van der Waals surface area contributed by atoms with Crippen molar-refractivity contribution < 1.29 is 4.42 Å². The monoisotopic (exact) mass is 909 g/mol. The number of rotatable bonds is 8. The van der Waals surface area contributed by atoms with Gasteiger partial charge in [-0.25, -0.2) is 0 Å². The predicted molar refractivity (Wildman–Crippen MR) is 295 cm³/mol. The van der Waals surface area contributed by atoms with E-state index in [-0.39, 0.29) is 0 Å². The molecule has 328 valence electrons. The summed E-state index contributed by atoms with van der Waals surface area (Å²) in [6, 6.07) is 95.4. The van der Waals surface area contributed by atoms with Gasteiger partial charge < -0.3 is 9.32 Å². The second-order valence-electron chi connectivity index (χ2n) is 18.3. The summed E-state index contributed by atoms with van der Waals surface area (Å²) in [7, 11) is 0. The van der Waals surface area contributed by atoms with Gasteiger partial charge in [-0.1, -0.05) is 206 Å². The van der Waals surface area contributed by atoms with Crippen LogP contribution in [-0.4, -0.2) is 0 Å². The third kappa shape index (κ3) is 6.25. The molecule has 0 amide bonds. The standard InChI is InChI=1S/C67H43NOS/c1-3-18-48(19-4-1)67(49-20-5-2-6-21-49)61-29-10-7-22-55(61)60-43-52(40-41-62(60)67)68(51-38-34-45(35-39-51)54-26-15-28-59-57-24-9-12-31-64(57)70-66(54)59)50-36-32-44(33-37-50)46-16-13-17-47(42-46)53-25-14-27-58-56-23-8-11-30-63(56)69-65(53)58/h1-43H. The molecule has 1 aliphatic rings. The molecule has 2 aromatic heterocycles. The first-order chi connectivity index (χ1) is 34.7. The second kappa shape index (κ2) is 16.2. The molecule has 0 saturated carbocycles. The van der Waals surface area contributed by atoms with Gasteiger partial charge in [0.05, 0.1) is 5.41 Å². The molecule has 13 aromatic rings. The maximum absolute atomic E-state index is 6.47. The smallest absolute Gasteiger partial charge is 0.143 e. The van der Waals surface area contributed by atoms with Gasteiger partial charge in [-0.2, -0.15) is 0 Å². The molecule has 14 rings (SSSR count). The van der Waals surface area contributed by atoms with Crippen LogP contribution in [0.2, 0.25) is 0 Å². The molecule has 11 aromatic carbocycles. The Labute approximate surface area is 410 Å². The van der Waals surface area contributed by atoms with Crippen LogP contribution in [0.4, 0.5) is 17.1 Å². The average Bonchev–Trinajstić information content (AvgIpc) is 4.11. The van der Waals surface area contributed by atoms with E-state index < -0.39 is 5.41 Å². The highest BCUT2D eigenvalue weighted by Crippen LogP contribution is 2.57. The number of benzene rings is 11. The first kappa shape index (κ1) is 40.3. The third-order valence-corrected chi connectivity index (χ3v) is 15.8. The molecule has 2 heterocycles. The topological polar surface area (TPSA) is 16.4 Å². The van der Waals surface area contributed by atoms with Gasteiger partial charge in [0.2, 0.25) is 0 Å². The number of anilines is 3. The molecular weight excluding hydrogens is 867 g/mol. The lowest BCUT2D eigenvalue weighted by Crippen LogP contribution is -2.28. The summed E-state index contributed by atoms with van der Waals surface area (Å²) >= 11 is 1.87. The molecule has 0 atom stereocenters. The van der Waals surface area contributed by atoms with Crippen LogP contribution in [0.25, 0.3) is 86.6 Å². The van der Waals surface area contributed by atoms with E-state index in [1.54, 1.807) is 0 Å². The quantitative estimate of drug-likeness (QED) is 0.151. The van der Waals surface area contributed by atoms with Gasteiger partial charge in [-0.05, 0) is 116 Å². The van der Waals surface area contributed by atoms with E-state index in [0.717, 1.165) is 61.3 Å². The number of thiophene rings is 1. The van der Waals surface area contributed by atoms with Crippen LogP contribution in [-0.2, 0) is 5.41 Å². The fourth-order valence-electron chi connectivity index (χ4n) is 11.4. The minimum absolute atomic E-state index is 0.473. The van der Waals surface area contributed by atoms with Crippen molar-refractivity contribution in [1.82, 2.24) is 0 Å². The van der Waals surface area contributed by atoms with Crippen molar-refractivity contribution in [2.45, 2.75) is 5.41 Å². The van der Waals surface area contributed by atoms with Gasteiger partial charge in [0.1, 0.15) is 11.2 Å². The summed E-state index contributed by atoms with van der Waals surface area (Å²) in [6.07, 6.45) is 0. The normalized spacial score (nSPS) is 12.7. The summed E-state index contributed by atoms with van der Waals surface area (Å²) in [4.78, 5) is 2.42. The molecule has 0 N–H and O–H groups in total. The lowest BCUT2D eigenvalue weighted by atomic mass is 9.68. The predicted octanol–water partition coefficient (Wildman–Crippen LogP) is 18.8. The zero-order chi connectivity index (χ0) is 46.2. The molecule has 0 aliphatic heterocycles. The Hall–Kier alpha value is -8.76. The van der Waals surface area contributed by atoms with Crippen LogP contribution in [0.3, 0.4) is 0 Å². The molecule has 0 bridgehead atoms. The van der Waals surface area contributed by atoms with Crippen LogP contribution < -0.4 is 4.90 Å². The van der Waals surface area contributed by atoms with E-state index in [1.807, 2.05) is 23.5 Å². The van der Waals surface area contributed by atoms with E-state index in [9.17, 15) is 0 Å². The highest BCUT2D eigenvalue weighted by atomic mass is 32.1. The zero-order valence-corrected chi connectivity index (χ0v) is 38.9. The van der Waals surface area contributed by atoms with E-state index in [0.29, 0.717) is 0 Å². The van der Waals surface area contributed by atoms with E-state index in [4.69, 9.17) is 4.42 Å². The molecule has 0 radical (unpaired) electrons. The number of hydrogen-bond donors (Lipinski definition) is 0. The van der Waals surface area contributed by atoms with E-state index in [2.05, 4.69) is 254 Å². The Kier molecular flexibility index (Phi) is 9.33. The van der Waals surface area contributed by atoms with Crippen LogP contribution in [0.15, 0.2) is 265 Å². The third-order valence-electron chi connectivity index (χ3n) is 14.6. The van der Waals surface area contributed by atoms with Crippen molar-refractivity contribution in [3.05, 3.63) is 283 Å². The van der Waals surface area contributed by atoms with Crippen LogP contribution >= 0.6 is 11.3 Å². The van der Waals surface area contributed by atoms with Crippen LogP contribution in [0, 0.1) is 0 Å². The number of fused-ring (bicyclic) bond motifs is 9. The van der Waals surface area contributed by atoms with Gasteiger partial charge in [0.25, 0.3) is 0 Å². The Bertz CT molecular complexity index is 4070. The molecule has 3 heteroatoms. The molecule has 1 aliphatic carbocycles. The van der Waals surface area contributed by atoms with E-state index >= 15 is 0 Å². The SMILES string of the molecule is c1ccc(C2(c3ccccc3)c3ccccc3-c3cc(N(c4ccc(-c5cccc(-c6cccc7c6oc6ccccc67)c5)cc4)c4ccc(-c5cccc6c5sc5ccccc56)cc4)ccc32)cc1. The fraction of sp³-hybridized carbons (Fsp3) is 0.0149. The van der Waals surface area contributed by atoms with Crippen molar-refractivity contribution in [2.24, 2.45) is 0 Å². The Balaban J connectivity index is 0.903. The molecule has 0 saturated heterocycles. The Morgan fingerprint density at radius 3 is 1.66 bits per heavy atom. The first-order valence-corrected chi connectivity index (χ1v) is 24.8. The van der Waals surface area contributed by atoms with E-state index in [1.165, 1.54) is 64.7 Å². The van der Waals surface area contributed by atoms with Crippen molar-refractivity contribution in [3.8, 4) is 44.5 Å². The molecule has 0 spiro atoms. The number of para-hydroxylation sites is 2. The lowest BCUT2D eigenvalue weighted by Gasteiger charge is -2.34. The molecule has 0 unspecified atom stereocenters. The van der Waals surface area contributed by atoms with Crippen LogP contribution in [0.1, 0.15) is 22.3 Å². The minimum Gasteiger partial charge on any atom is -0.455 e. The van der Waals surface area contributed by atoms with Gasteiger partial charge in [-0.15, -0.1) is 11.3 Å². The maximum Gasteiger partial charge on any atom is 0.143 e. The number of furan rings is 1. The maximum atomic E-state index is 6.47. The van der Waals surface area contributed by atoms with Crippen molar-refractivity contribution in [1.29, 1.82) is 0 Å². The largest absolute Gasteiger partial charge is 0.455 e. The number of hydrogen-bond acceptors (Lipinski definition) is 3. The summed E-state index contributed by atoms with van der Waals surface area (Å²) < 4.78 is 9.10. The summed E-state index contributed by atoms with van der Waals surface area (Å²) in [6.45, 7) is 0.